The Morgan fingerprint density at radius 2 is 1.74 bits per heavy atom. The number of amides is 1. The number of thiocarbonyl (C=S) groups is 1. The fourth-order valence-corrected chi connectivity index (χ4v) is 3.34. The van der Waals surface area contributed by atoms with E-state index in [-0.39, 0.29) is 14.8 Å². The maximum Gasteiger partial charge on any atom is 0.270 e. The summed E-state index contributed by atoms with van der Waals surface area (Å²) in [4.78, 5) is 13.8. The predicted molar refractivity (Wildman–Crippen MR) is 88.4 cm³/mol. The topological polar surface area (TPSA) is 20.3 Å². The van der Waals surface area contributed by atoms with E-state index < -0.39 is 23.4 Å². The number of nitrogens with zero attached hydrogens (tertiary/aromatic N) is 1. The molecule has 0 N–H and O–H groups in total. The van der Waals surface area contributed by atoms with Crippen LogP contribution in [0.2, 0.25) is 0 Å². The molecule has 1 aliphatic rings. The Hall–Kier alpha value is -2.12. The van der Waals surface area contributed by atoms with Gasteiger partial charge in [-0.2, -0.15) is 0 Å². The quantitative estimate of drug-likeness (QED) is 0.587. The number of carbonyl (C=O) groups excluding carboxylic acids is 1. The van der Waals surface area contributed by atoms with Crippen molar-refractivity contribution in [2.24, 2.45) is 0 Å². The predicted octanol–water partition coefficient (Wildman–Crippen LogP) is 4.51. The molecule has 0 saturated carbocycles. The number of hydrogen-bond donors (Lipinski definition) is 0. The van der Waals surface area contributed by atoms with Gasteiger partial charge in [0.1, 0.15) is 5.82 Å². The van der Waals surface area contributed by atoms with Crippen molar-refractivity contribution < 1.29 is 18.0 Å². The molecule has 0 atom stereocenters. The molecule has 1 fully saturated rings. The molecule has 1 saturated heterocycles. The number of hydrogen-bond acceptors (Lipinski definition) is 3. The average molecular weight is 351 g/mol. The Bertz CT molecular complexity index is 834. The molecule has 1 aliphatic heterocycles. The summed E-state index contributed by atoms with van der Waals surface area (Å²) >= 11 is 6.13. The van der Waals surface area contributed by atoms with Gasteiger partial charge in [0.2, 0.25) is 0 Å². The van der Waals surface area contributed by atoms with Gasteiger partial charge in [0, 0.05) is 5.56 Å². The van der Waals surface area contributed by atoms with E-state index in [0.717, 1.165) is 17.8 Å². The van der Waals surface area contributed by atoms with Crippen LogP contribution in [0.5, 0.6) is 0 Å². The molecule has 0 aliphatic carbocycles. The molecule has 2 nitrogen and oxygen atoms in total. The van der Waals surface area contributed by atoms with E-state index in [9.17, 15) is 18.0 Å². The van der Waals surface area contributed by atoms with Gasteiger partial charge in [-0.25, -0.2) is 13.2 Å². The normalized spacial score (nSPS) is 16.5. The average Bonchev–Trinajstić information content (AvgIpc) is 2.79. The van der Waals surface area contributed by atoms with E-state index in [2.05, 4.69) is 0 Å². The van der Waals surface area contributed by atoms with Crippen molar-refractivity contribution in [2.75, 3.05) is 4.90 Å². The summed E-state index contributed by atoms with van der Waals surface area (Å²) in [5.41, 5.74) is 0.377. The van der Waals surface area contributed by atoms with E-state index >= 15 is 0 Å². The Balaban J connectivity index is 1.96. The van der Waals surface area contributed by atoms with Crippen LogP contribution in [0.15, 0.2) is 47.4 Å². The molecule has 0 unspecified atom stereocenters. The van der Waals surface area contributed by atoms with E-state index in [1.165, 1.54) is 47.4 Å². The van der Waals surface area contributed by atoms with E-state index in [1.807, 2.05) is 0 Å². The van der Waals surface area contributed by atoms with Gasteiger partial charge in [-0.15, -0.1) is 0 Å². The van der Waals surface area contributed by atoms with Gasteiger partial charge >= 0.3 is 0 Å². The van der Waals surface area contributed by atoms with Crippen molar-refractivity contribution in [1.82, 2.24) is 0 Å². The fourth-order valence-electron chi connectivity index (χ4n) is 2.05. The zero-order valence-electron chi connectivity index (χ0n) is 11.4. The van der Waals surface area contributed by atoms with Crippen molar-refractivity contribution in [2.45, 2.75) is 0 Å². The van der Waals surface area contributed by atoms with Gasteiger partial charge in [-0.1, -0.05) is 36.1 Å². The number of carbonyl (C=O) groups is 1. The highest BCUT2D eigenvalue weighted by atomic mass is 32.2. The standard InChI is InChI=1S/C16H8F3NOS2/c17-10-4-6-11(7-5-10)20-15(21)13(23-16(20)22)8-9-2-1-3-12(18)14(9)19/h1-8H/b13-8-. The van der Waals surface area contributed by atoms with Crippen LogP contribution in [0.4, 0.5) is 18.9 Å². The Morgan fingerprint density at radius 1 is 1.04 bits per heavy atom. The molecule has 0 radical (unpaired) electrons. The maximum absolute atomic E-state index is 13.7. The first kappa shape index (κ1) is 15.8. The van der Waals surface area contributed by atoms with Gasteiger partial charge in [-0.3, -0.25) is 9.69 Å². The summed E-state index contributed by atoms with van der Waals surface area (Å²) in [6, 6.07) is 8.98. The molecule has 2 aromatic rings. The van der Waals surface area contributed by atoms with Gasteiger partial charge in [0.25, 0.3) is 5.91 Å². The van der Waals surface area contributed by atoms with Crippen molar-refractivity contribution in [3.63, 3.8) is 0 Å². The number of rotatable bonds is 2. The highest BCUT2D eigenvalue weighted by molar-refractivity contribution is 8.27. The summed E-state index contributed by atoms with van der Waals surface area (Å²) in [6.07, 6.45) is 1.25. The molecule has 2 aromatic carbocycles. The minimum absolute atomic E-state index is 0.0374. The molecule has 0 spiro atoms. The Morgan fingerprint density at radius 3 is 2.43 bits per heavy atom. The number of benzene rings is 2. The fraction of sp³-hybridized carbons (Fsp3) is 0. The molecule has 3 rings (SSSR count). The molecule has 116 valence electrons. The first-order chi connectivity index (χ1) is 11.0. The molecular formula is C16H8F3NOS2. The van der Waals surface area contributed by atoms with Crippen LogP contribution in [-0.2, 0) is 4.79 Å². The largest absolute Gasteiger partial charge is 0.270 e. The third kappa shape index (κ3) is 3.02. The highest BCUT2D eigenvalue weighted by Crippen LogP contribution is 2.36. The molecule has 1 heterocycles. The van der Waals surface area contributed by atoms with Gasteiger partial charge in [-0.05, 0) is 36.4 Å². The van der Waals surface area contributed by atoms with Crippen molar-refractivity contribution in [3.8, 4) is 0 Å². The summed E-state index contributed by atoms with van der Waals surface area (Å²) in [7, 11) is 0. The van der Waals surface area contributed by atoms with Gasteiger partial charge in [0.15, 0.2) is 16.0 Å². The van der Waals surface area contributed by atoms with Crippen LogP contribution in [0.1, 0.15) is 5.56 Å². The van der Waals surface area contributed by atoms with E-state index in [1.54, 1.807) is 0 Å². The summed E-state index contributed by atoms with van der Waals surface area (Å²) < 4.78 is 40.2. The lowest BCUT2D eigenvalue weighted by Gasteiger charge is -2.14. The van der Waals surface area contributed by atoms with Crippen molar-refractivity contribution >= 4 is 46.0 Å². The second-order valence-electron chi connectivity index (χ2n) is 4.64. The first-order valence-electron chi connectivity index (χ1n) is 6.45. The zero-order valence-corrected chi connectivity index (χ0v) is 13.1. The smallest absolute Gasteiger partial charge is 0.268 e. The molecule has 0 bridgehead atoms. The number of halogens is 3. The monoisotopic (exact) mass is 351 g/mol. The summed E-state index contributed by atoms with van der Waals surface area (Å²) in [5.74, 6) is -2.92. The second kappa shape index (κ2) is 6.17. The molecule has 1 amide bonds. The van der Waals surface area contributed by atoms with Crippen LogP contribution < -0.4 is 4.90 Å². The lowest BCUT2D eigenvalue weighted by molar-refractivity contribution is -0.113. The van der Waals surface area contributed by atoms with Crippen molar-refractivity contribution in [1.29, 1.82) is 0 Å². The minimum atomic E-state index is -1.03. The van der Waals surface area contributed by atoms with Crippen LogP contribution in [0.3, 0.4) is 0 Å². The second-order valence-corrected chi connectivity index (χ2v) is 6.31. The Labute approximate surface area is 139 Å². The number of thioether (sulfide) groups is 1. The molecular weight excluding hydrogens is 343 g/mol. The zero-order chi connectivity index (χ0) is 16.6. The number of anilines is 1. The molecule has 23 heavy (non-hydrogen) atoms. The summed E-state index contributed by atoms with van der Waals surface area (Å²) in [6.45, 7) is 0. The third-order valence-corrected chi connectivity index (χ3v) is 4.45. The van der Waals surface area contributed by atoms with Crippen LogP contribution >= 0.6 is 24.0 Å². The van der Waals surface area contributed by atoms with Crippen LogP contribution in [0, 0.1) is 17.5 Å². The minimum Gasteiger partial charge on any atom is -0.268 e. The molecule has 7 heteroatoms. The van der Waals surface area contributed by atoms with E-state index in [4.69, 9.17) is 12.2 Å². The highest BCUT2D eigenvalue weighted by Gasteiger charge is 2.33. The third-order valence-electron chi connectivity index (χ3n) is 3.15. The first-order valence-corrected chi connectivity index (χ1v) is 7.67. The Kier molecular flexibility index (Phi) is 4.23. The lowest BCUT2D eigenvalue weighted by Crippen LogP contribution is -2.27. The van der Waals surface area contributed by atoms with Crippen LogP contribution in [-0.4, -0.2) is 10.2 Å². The lowest BCUT2D eigenvalue weighted by atomic mass is 10.2. The SMILES string of the molecule is O=C1/C(=C/c2cccc(F)c2F)SC(=S)N1c1ccc(F)cc1. The van der Waals surface area contributed by atoms with Gasteiger partial charge < -0.3 is 0 Å². The summed E-state index contributed by atoms with van der Waals surface area (Å²) in [5, 5.41) is 0. The van der Waals surface area contributed by atoms with E-state index in [0.29, 0.717) is 5.69 Å². The molecule has 0 aromatic heterocycles. The van der Waals surface area contributed by atoms with Gasteiger partial charge in [0.05, 0.1) is 10.6 Å². The maximum atomic E-state index is 13.7. The van der Waals surface area contributed by atoms with Crippen molar-refractivity contribution in [3.05, 3.63) is 70.4 Å². The van der Waals surface area contributed by atoms with Crippen LogP contribution in [0.25, 0.3) is 6.08 Å².